The van der Waals surface area contributed by atoms with Gasteiger partial charge in [0.2, 0.25) is 0 Å². The second-order valence-electron chi connectivity index (χ2n) is 4.17. The summed E-state index contributed by atoms with van der Waals surface area (Å²) >= 11 is 1.72. The molecule has 0 aliphatic carbocycles. The van der Waals surface area contributed by atoms with E-state index in [4.69, 9.17) is 0 Å². The van der Waals surface area contributed by atoms with Crippen LogP contribution in [0.2, 0.25) is 0 Å². The Balaban J connectivity index is 2.60. The Morgan fingerprint density at radius 3 is 2.53 bits per heavy atom. The number of nitrogens with zero attached hydrogens (tertiary/aromatic N) is 1. The van der Waals surface area contributed by atoms with E-state index >= 15 is 0 Å². The van der Waals surface area contributed by atoms with Gasteiger partial charge in [-0.2, -0.15) is 0 Å². The molecule has 15 heavy (non-hydrogen) atoms. The number of rotatable bonds is 5. The third kappa shape index (κ3) is 3.26. The van der Waals surface area contributed by atoms with Crippen LogP contribution in [0, 0.1) is 13.8 Å². The molecule has 1 aromatic heterocycles. The van der Waals surface area contributed by atoms with E-state index in [0.29, 0.717) is 0 Å². The Hall–Kier alpha value is -0.450. The summed E-state index contributed by atoms with van der Waals surface area (Å²) in [6.07, 6.45) is 0.917. The van der Waals surface area contributed by atoms with Gasteiger partial charge in [-0.3, -0.25) is 0 Å². The van der Waals surface area contributed by atoms with Crippen molar-refractivity contribution in [2.45, 2.75) is 46.2 Å². The van der Waals surface area contributed by atoms with E-state index in [-0.39, 0.29) is 12.1 Å². The fourth-order valence-corrected chi connectivity index (χ4v) is 2.20. The van der Waals surface area contributed by atoms with Gasteiger partial charge in [-0.1, -0.05) is 6.92 Å². The zero-order valence-corrected chi connectivity index (χ0v) is 10.7. The van der Waals surface area contributed by atoms with Gasteiger partial charge in [0.25, 0.3) is 0 Å². The summed E-state index contributed by atoms with van der Waals surface area (Å²) < 4.78 is 0. The first-order chi connectivity index (χ1) is 7.00. The molecule has 0 aliphatic heterocycles. The molecular weight excluding hydrogens is 208 g/mol. The fourth-order valence-electron chi connectivity index (χ4n) is 1.32. The molecule has 1 heterocycles. The number of aromatic nitrogens is 1. The van der Waals surface area contributed by atoms with Gasteiger partial charge in [-0.15, -0.1) is 11.3 Å². The van der Waals surface area contributed by atoms with Crippen LogP contribution in [0.4, 0.5) is 0 Å². The third-order valence-corrected chi connectivity index (χ3v) is 3.88. The van der Waals surface area contributed by atoms with E-state index in [1.54, 1.807) is 11.3 Å². The lowest BCUT2D eigenvalue weighted by atomic mass is 10.0. The molecule has 0 spiro atoms. The van der Waals surface area contributed by atoms with Crippen molar-refractivity contribution in [3.05, 3.63) is 15.6 Å². The highest BCUT2D eigenvalue weighted by Crippen LogP contribution is 2.18. The molecule has 0 amide bonds. The van der Waals surface area contributed by atoms with Crippen LogP contribution in [-0.2, 0) is 6.54 Å². The van der Waals surface area contributed by atoms with Crippen LogP contribution in [0.25, 0.3) is 0 Å². The SMILES string of the molecule is CCC(C)(CO)NCc1sc(C)nc1C. The molecule has 1 unspecified atom stereocenters. The molecule has 4 heteroatoms. The van der Waals surface area contributed by atoms with Gasteiger partial charge in [-0.25, -0.2) is 4.98 Å². The highest BCUT2D eigenvalue weighted by atomic mass is 32.1. The number of hydrogen-bond donors (Lipinski definition) is 2. The van der Waals surface area contributed by atoms with Crippen LogP contribution in [0.5, 0.6) is 0 Å². The summed E-state index contributed by atoms with van der Waals surface area (Å²) in [7, 11) is 0. The monoisotopic (exact) mass is 228 g/mol. The van der Waals surface area contributed by atoms with Gasteiger partial charge < -0.3 is 10.4 Å². The number of nitrogens with one attached hydrogen (secondary N) is 1. The number of aliphatic hydroxyl groups excluding tert-OH is 1. The minimum absolute atomic E-state index is 0.167. The summed E-state index contributed by atoms with van der Waals surface area (Å²) in [6.45, 7) is 9.13. The highest BCUT2D eigenvalue weighted by Gasteiger charge is 2.20. The van der Waals surface area contributed by atoms with Crippen molar-refractivity contribution in [2.24, 2.45) is 0 Å². The normalized spacial score (nSPS) is 15.3. The van der Waals surface area contributed by atoms with Crippen molar-refractivity contribution in [3.63, 3.8) is 0 Å². The quantitative estimate of drug-likeness (QED) is 0.810. The minimum Gasteiger partial charge on any atom is -0.394 e. The van der Waals surface area contributed by atoms with Crippen molar-refractivity contribution in [3.8, 4) is 0 Å². The van der Waals surface area contributed by atoms with Gasteiger partial charge in [-0.05, 0) is 27.2 Å². The zero-order valence-electron chi connectivity index (χ0n) is 9.92. The first-order valence-corrected chi connectivity index (χ1v) is 6.11. The Kier molecular flexibility index (Phi) is 4.25. The Labute approximate surface area is 95.6 Å². The maximum absolute atomic E-state index is 9.26. The maximum Gasteiger partial charge on any atom is 0.0900 e. The molecule has 0 aromatic carbocycles. The first-order valence-electron chi connectivity index (χ1n) is 5.29. The number of hydrogen-bond acceptors (Lipinski definition) is 4. The molecule has 1 atom stereocenters. The van der Waals surface area contributed by atoms with E-state index in [1.807, 2.05) is 20.8 Å². The van der Waals surface area contributed by atoms with Gasteiger partial charge in [0, 0.05) is 17.0 Å². The van der Waals surface area contributed by atoms with Crippen molar-refractivity contribution in [1.29, 1.82) is 0 Å². The van der Waals surface area contributed by atoms with E-state index in [9.17, 15) is 5.11 Å². The smallest absolute Gasteiger partial charge is 0.0900 e. The topological polar surface area (TPSA) is 45.1 Å². The van der Waals surface area contributed by atoms with Gasteiger partial charge in [0.05, 0.1) is 17.3 Å². The lowest BCUT2D eigenvalue weighted by molar-refractivity contribution is 0.169. The summed E-state index contributed by atoms with van der Waals surface area (Å²) in [4.78, 5) is 5.64. The van der Waals surface area contributed by atoms with E-state index < -0.39 is 0 Å². The highest BCUT2D eigenvalue weighted by molar-refractivity contribution is 7.11. The molecule has 1 aromatic rings. The standard InChI is InChI=1S/C11H20N2OS/c1-5-11(4,7-14)12-6-10-8(2)13-9(3)15-10/h12,14H,5-7H2,1-4H3. The predicted molar refractivity (Wildman–Crippen MR) is 64.2 cm³/mol. The average Bonchev–Trinajstić information content (AvgIpc) is 2.54. The number of thiazole rings is 1. The Morgan fingerprint density at radius 1 is 1.47 bits per heavy atom. The lowest BCUT2D eigenvalue weighted by Crippen LogP contribution is -2.44. The van der Waals surface area contributed by atoms with Crippen LogP contribution in [0.3, 0.4) is 0 Å². The molecule has 1 rings (SSSR count). The molecule has 0 aliphatic rings. The molecule has 0 fully saturated rings. The number of aryl methyl sites for hydroxylation is 2. The molecule has 3 nitrogen and oxygen atoms in total. The van der Waals surface area contributed by atoms with Crippen LogP contribution >= 0.6 is 11.3 Å². The second-order valence-corrected chi connectivity index (χ2v) is 5.46. The Morgan fingerprint density at radius 2 is 2.13 bits per heavy atom. The van der Waals surface area contributed by atoms with E-state index in [1.165, 1.54) is 4.88 Å². The summed E-state index contributed by atoms with van der Waals surface area (Å²) in [5.74, 6) is 0. The van der Waals surface area contributed by atoms with Crippen LogP contribution in [0.1, 0.15) is 35.8 Å². The van der Waals surface area contributed by atoms with Gasteiger partial charge >= 0.3 is 0 Å². The van der Waals surface area contributed by atoms with Crippen LogP contribution < -0.4 is 5.32 Å². The van der Waals surface area contributed by atoms with Crippen molar-refractivity contribution in [2.75, 3.05) is 6.61 Å². The summed E-state index contributed by atoms with van der Waals surface area (Å²) in [5.41, 5.74) is 0.922. The number of aliphatic hydroxyl groups is 1. The lowest BCUT2D eigenvalue weighted by Gasteiger charge is -2.27. The fraction of sp³-hybridized carbons (Fsp3) is 0.727. The van der Waals surface area contributed by atoms with E-state index in [2.05, 4.69) is 17.2 Å². The zero-order chi connectivity index (χ0) is 11.5. The Bertz CT molecular complexity index is 318. The van der Waals surface area contributed by atoms with Crippen LogP contribution in [-0.4, -0.2) is 22.2 Å². The third-order valence-electron chi connectivity index (χ3n) is 2.80. The first kappa shape index (κ1) is 12.6. The summed E-state index contributed by atoms with van der Waals surface area (Å²) in [6, 6.07) is 0. The van der Waals surface area contributed by atoms with Crippen molar-refractivity contribution < 1.29 is 5.11 Å². The molecule has 0 radical (unpaired) electrons. The van der Waals surface area contributed by atoms with Gasteiger partial charge in [0.1, 0.15) is 0 Å². The largest absolute Gasteiger partial charge is 0.394 e. The molecule has 2 N–H and O–H groups in total. The summed E-state index contributed by atoms with van der Waals surface area (Å²) in [5, 5.41) is 13.8. The van der Waals surface area contributed by atoms with Crippen molar-refractivity contribution in [1.82, 2.24) is 10.3 Å². The van der Waals surface area contributed by atoms with Crippen molar-refractivity contribution >= 4 is 11.3 Å². The molecule has 0 saturated heterocycles. The van der Waals surface area contributed by atoms with Gasteiger partial charge in [0.15, 0.2) is 0 Å². The van der Waals surface area contributed by atoms with E-state index in [0.717, 1.165) is 23.7 Å². The molecular formula is C11H20N2OS. The average molecular weight is 228 g/mol. The maximum atomic E-state index is 9.26. The molecule has 86 valence electrons. The molecule has 0 saturated carbocycles. The predicted octanol–water partition coefficient (Wildman–Crippen LogP) is 2.01. The molecule has 0 bridgehead atoms. The minimum atomic E-state index is -0.176. The van der Waals surface area contributed by atoms with Crippen LogP contribution in [0.15, 0.2) is 0 Å². The second kappa shape index (κ2) is 5.05.